The van der Waals surface area contributed by atoms with Gasteiger partial charge < -0.3 is 4.90 Å². The number of benzene rings is 8. The third kappa shape index (κ3) is 4.67. The van der Waals surface area contributed by atoms with Gasteiger partial charge in [-0.15, -0.1) is 22.7 Å². The maximum Gasteiger partial charge on any atom is 0.0640 e. The largest absolute Gasteiger partial charge is 0.309 e. The Bertz CT molecular complexity index is 3320. The molecule has 2 aromatic heterocycles. The molecule has 0 saturated heterocycles. The van der Waals surface area contributed by atoms with E-state index in [0.717, 1.165) is 5.69 Å². The van der Waals surface area contributed by atoms with Crippen LogP contribution in [-0.2, 0) is 10.8 Å². The molecule has 2 aliphatic rings. The van der Waals surface area contributed by atoms with Crippen LogP contribution in [0.5, 0.6) is 0 Å². The summed E-state index contributed by atoms with van der Waals surface area (Å²) in [5.74, 6) is 0. The van der Waals surface area contributed by atoms with Crippen molar-refractivity contribution in [1.29, 1.82) is 0 Å². The zero-order valence-electron chi connectivity index (χ0n) is 32.4. The predicted octanol–water partition coefficient (Wildman–Crippen LogP) is 16.2. The van der Waals surface area contributed by atoms with E-state index in [1.165, 1.54) is 107 Å². The Morgan fingerprint density at radius 3 is 1.75 bits per heavy atom. The van der Waals surface area contributed by atoms with Crippen molar-refractivity contribution in [3.63, 3.8) is 0 Å². The highest BCUT2D eigenvalue weighted by molar-refractivity contribution is 7.26. The highest BCUT2D eigenvalue weighted by Crippen LogP contribution is 2.56. The Labute approximate surface area is 341 Å². The highest BCUT2D eigenvalue weighted by Gasteiger charge is 2.41. The lowest BCUT2D eigenvalue weighted by molar-refractivity contribution is 0.652. The first kappa shape index (κ1) is 33.2. The van der Waals surface area contributed by atoms with Gasteiger partial charge in [-0.1, -0.05) is 131 Å². The molecule has 0 radical (unpaired) electrons. The fourth-order valence-corrected chi connectivity index (χ4v) is 12.5. The second-order valence-corrected chi connectivity index (χ2v) is 19.1. The van der Waals surface area contributed by atoms with Crippen molar-refractivity contribution >= 4 is 80.1 Å². The molecule has 0 atom stereocenters. The maximum absolute atomic E-state index is 2.51. The van der Waals surface area contributed by atoms with Gasteiger partial charge in [-0.25, -0.2) is 0 Å². The van der Waals surface area contributed by atoms with Crippen molar-refractivity contribution in [2.75, 3.05) is 4.90 Å². The molecule has 0 N–H and O–H groups in total. The van der Waals surface area contributed by atoms with Gasteiger partial charge in [0, 0.05) is 57.8 Å². The summed E-state index contributed by atoms with van der Waals surface area (Å²) in [6.45, 7) is 9.58. The van der Waals surface area contributed by atoms with Crippen molar-refractivity contribution in [3.8, 4) is 33.4 Å². The van der Waals surface area contributed by atoms with Crippen LogP contribution in [0.3, 0.4) is 0 Å². The van der Waals surface area contributed by atoms with Crippen molar-refractivity contribution in [3.05, 3.63) is 186 Å². The van der Waals surface area contributed by atoms with E-state index in [2.05, 4.69) is 196 Å². The van der Waals surface area contributed by atoms with Crippen molar-refractivity contribution in [2.45, 2.75) is 38.5 Å². The van der Waals surface area contributed by atoms with Gasteiger partial charge in [0.2, 0.25) is 0 Å². The van der Waals surface area contributed by atoms with Crippen LogP contribution in [0.1, 0.15) is 49.9 Å². The molecule has 10 aromatic rings. The highest BCUT2D eigenvalue weighted by atomic mass is 32.1. The molecule has 0 spiro atoms. The molecular formula is C54H39NS2. The zero-order chi connectivity index (χ0) is 38.2. The molecule has 3 heteroatoms. The summed E-state index contributed by atoms with van der Waals surface area (Å²) < 4.78 is 5.24. The van der Waals surface area contributed by atoms with E-state index in [-0.39, 0.29) is 10.8 Å². The van der Waals surface area contributed by atoms with Gasteiger partial charge in [-0.3, -0.25) is 0 Å². The van der Waals surface area contributed by atoms with Crippen LogP contribution in [-0.4, -0.2) is 0 Å². The summed E-state index contributed by atoms with van der Waals surface area (Å²) in [4.78, 5) is 2.49. The van der Waals surface area contributed by atoms with Gasteiger partial charge in [-0.05, 0) is 116 Å². The van der Waals surface area contributed by atoms with Crippen LogP contribution in [0, 0.1) is 0 Å². The first-order valence-corrected chi connectivity index (χ1v) is 21.5. The van der Waals surface area contributed by atoms with Crippen LogP contribution in [0.15, 0.2) is 164 Å². The first-order valence-electron chi connectivity index (χ1n) is 19.9. The fraction of sp³-hybridized carbons (Fsp3) is 0.111. The Kier molecular flexibility index (Phi) is 6.85. The van der Waals surface area contributed by atoms with Gasteiger partial charge in [0.15, 0.2) is 0 Å². The molecule has 8 aromatic carbocycles. The average molecular weight is 766 g/mol. The Morgan fingerprint density at radius 1 is 0.368 bits per heavy atom. The van der Waals surface area contributed by atoms with Crippen LogP contribution in [0.4, 0.5) is 17.1 Å². The minimum atomic E-state index is -0.127. The van der Waals surface area contributed by atoms with Gasteiger partial charge in [0.25, 0.3) is 0 Å². The topological polar surface area (TPSA) is 3.24 Å². The first-order chi connectivity index (χ1) is 27.8. The molecule has 0 fully saturated rings. The molecule has 0 aliphatic heterocycles. The standard InChI is InChI=1S/C54H39NS2/c1-53(2)44-19-8-5-15-36(44)42-30-47-43(31-46(42)53)37-25-23-33(28-45(37)54(47,3)4)32-13-11-14-34(27-32)55(35-24-26-40-38-16-6-9-21-49(38)56-51(40)29-35)48-20-12-18-41-39-17-7-10-22-50(39)57-52(41)48/h5-31H,1-4H3. The van der Waals surface area contributed by atoms with Crippen molar-refractivity contribution in [2.24, 2.45) is 0 Å². The Morgan fingerprint density at radius 2 is 0.947 bits per heavy atom. The summed E-state index contributed by atoms with van der Waals surface area (Å²) in [7, 11) is 0. The second-order valence-electron chi connectivity index (χ2n) is 16.9. The zero-order valence-corrected chi connectivity index (χ0v) is 34.0. The molecule has 57 heavy (non-hydrogen) atoms. The number of rotatable bonds is 4. The molecule has 0 bridgehead atoms. The summed E-state index contributed by atoms with van der Waals surface area (Å²) in [6.07, 6.45) is 0. The maximum atomic E-state index is 2.51. The van der Waals surface area contributed by atoms with Gasteiger partial charge in [-0.2, -0.15) is 0 Å². The second kappa shape index (κ2) is 11.8. The van der Waals surface area contributed by atoms with Crippen LogP contribution < -0.4 is 4.90 Å². The van der Waals surface area contributed by atoms with E-state index in [1.807, 2.05) is 22.7 Å². The number of thiophene rings is 2. The molecule has 272 valence electrons. The SMILES string of the molecule is CC1(C)c2ccccc2-c2cc3c(cc21)-c1ccc(-c2cccc(N(c4ccc5c(c4)sc4ccccc45)c4cccc5c4sc4ccccc45)c2)cc1C3(C)C. The van der Waals surface area contributed by atoms with E-state index >= 15 is 0 Å². The monoisotopic (exact) mass is 765 g/mol. The molecule has 2 heterocycles. The summed E-state index contributed by atoms with van der Waals surface area (Å²) in [6, 6.07) is 61.8. The van der Waals surface area contributed by atoms with E-state index in [1.54, 1.807) is 0 Å². The minimum Gasteiger partial charge on any atom is -0.309 e. The van der Waals surface area contributed by atoms with Crippen molar-refractivity contribution in [1.82, 2.24) is 0 Å². The van der Waals surface area contributed by atoms with Gasteiger partial charge >= 0.3 is 0 Å². The van der Waals surface area contributed by atoms with Gasteiger partial charge in [0.05, 0.1) is 10.4 Å². The summed E-state index contributed by atoms with van der Waals surface area (Å²) in [5.41, 5.74) is 17.0. The quantitative estimate of drug-likeness (QED) is 0.172. The molecular weight excluding hydrogens is 727 g/mol. The van der Waals surface area contributed by atoms with Gasteiger partial charge in [0.1, 0.15) is 0 Å². The minimum absolute atomic E-state index is 0.0260. The Hall–Kier alpha value is -6.00. The van der Waals surface area contributed by atoms with Crippen LogP contribution >= 0.6 is 22.7 Å². The number of hydrogen-bond acceptors (Lipinski definition) is 3. The third-order valence-corrected chi connectivity index (χ3v) is 15.4. The van der Waals surface area contributed by atoms with E-state index < -0.39 is 0 Å². The van der Waals surface area contributed by atoms with Crippen molar-refractivity contribution < 1.29 is 0 Å². The predicted molar refractivity (Wildman–Crippen MR) is 247 cm³/mol. The molecule has 1 nitrogen and oxygen atoms in total. The fourth-order valence-electron chi connectivity index (χ4n) is 10.1. The lowest BCUT2D eigenvalue weighted by atomic mass is 9.79. The number of hydrogen-bond donors (Lipinski definition) is 0. The van der Waals surface area contributed by atoms with E-state index in [0.29, 0.717) is 0 Å². The number of anilines is 3. The molecule has 2 aliphatic carbocycles. The smallest absolute Gasteiger partial charge is 0.0640 e. The summed E-state index contributed by atoms with van der Waals surface area (Å²) >= 11 is 3.76. The summed E-state index contributed by atoms with van der Waals surface area (Å²) in [5, 5.41) is 5.25. The number of nitrogens with zero attached hydrogens (tertiary/aromatic N) is 1. The van der Waals surface area contributed by atoms with Crippen LogP contribution in [0.25, 0.3) is 73.7 Å². The van der Waals surface area contributed by atoms with E-state index in [4.69, 9.17) is 0 Å². The average Bonchev–Trinajstić information content (AvgIpc) is 3.93. The molecule has 0 saturated carbocycles. The van der Waals surface area contributed by atoms with Crippen LogP contribution in [0.2, 0.25) is 0 Å². The molecule has 0 amide bonds. The third-order valence-electron chi connectivity index (χ3n) is 13.1. The normalized spacial score (nSPS) is 14.6. The lowest BCUT2D eigenvalue weighted by Gasteiger charge is -2.27. The Balaban J connectivity index is 1.01. The lowest BCUT2D eigenvalue weighted by Crippen LogP contribution is -2.17. The molecule has 12 rings (SSSR count). The number of fused-ring (bicyclic) bond motifs is 12. The van der Waals surface area contributed by atoms with E-state index in [9.17, 15) is 0 Å². The molecule has 0 unspecified atom stereocenters.